The average molecular weight is 424 g/mol. The number of hydrogen-bond acceptors (Lipinski definition) is 3. The quantitative estimate of drug-likeness (QED) is 0.462. The Labute approximate surface area is 177 Å². The molecule has 0 bridgehead atoms. The highest BCUT2D eigenvalue weighted by Crippen LogP contribution is 2.31. The Bertz CT molecular complexity index is 1190. The molecule has 0 radical (unpaired) electrons. The van der Waals surface area contributed by atoms with E-state index in [4.69, 9.17) is 16.3 Å². The van der Waals surface area contributed by atoms with Gasteiger partial charge in [0.1, 0.15) is 5.75 Å². The lowest BCUT2D eigenvalue weighted by Gasteiger charge is -2.18. The predicted molar refractivity (Wildman–Crippen MR) is 115 cm³/mol. The summed E-state index contributed by atoms with van der Waals surface area (Å²) < 4.78 is 19.4. The van der Waals surface area contributed by atoms with E-state index in [0.29, 0.717) is 0 Å². The fourth-order valence-electron chi connectivity index (χ4n) is 3.48. The second kappa shape index (κ2) is 8.55. The van der Waals surface area contributed by atoms with Gasteiger partial charge in [-0.2, -0.15) is 0 Å². The Morgan fingerprint density at radius 1 is 1.20 bits per heavy atom. The molecule has 5 nitrogen and oxygen atoms in total. The molecule has 0 aliphatic rings. The van der Waals surface area contributed by atoms with Gasteiger partial charge in [0.15, 0.2) is 11.5 Å². The van der Waals surface area contributed by atoms with Crippen LogP contribution in [-0.2, 0) is 0 Å². The minimum atomic E-state index is -0.829. The molecule has 152 valence electrons. The van der Waals surface area contributed by atoms with Gasteiger partial charge in [0, 0.05) is 35.8 Å². The normalized spacial score (nSPS) is 12.0. The number of hydrogen-bond donors (Lipinski definition) is 2. The van der Waals surface area contributed by atoms with Gasteiger partial charge in [-0.05, 0) is 35.4 Å². The Kier molecular flexibility index (Phi) is 5.68. The SMILES string of the molecule is COc1ccc([C@H](CNC(=O)c2nccc(Cl)c2F)c2c[nH]c3ccccc23)cc1. The van der Waals surface area contributed by atoms with E-state index < -0.39 is 11.7 Å². The maximum Gasteiger partial charge on any atom is 0.273 e. The highest BCUT2D eigenvalue weighted by atomic mass is 35.5. The minimum Gasteiger partial charge on any atom is -0.497 e. The molecule has 1 amide bonds. The highest BCUT2D eigenvalue weighted by molar-refractivity contribution is 6.31. The van der Waals surface area contributed by atoms with E-state index in [1.54, 1.807) is 7.11 Å². The first-order valence-electron chi connectivity index (χ1n) is 9.36. The molecule has 0 aliphatic heterocycles. The van der Waals surface area contributed by atoms with Gasteiger partial charge in [-0.25, -0.2) is 9.37 Å². The smallest absolute Gasteiger partial charge is 0.273 e. The molecule has 1 atom stereocenters. The number of ether oxygens (including phenoxy) is 1. The number of H-pyrrole nitrogens is 1. The average Bonchev–Trinajstić information content (AvgIpc) is 3.20. The molecule has 0 saturated carbocycles. The molecular weight excluding hydrogens is 405 g/mol. The van der Waals surface area contributed by atoms with Crippen LogP contribution in [0.2, 0.25) is 5.02 Å². The van der Waals surface area contributed by atoms with Crippen LogP contribution in [0.1, 0.15) is 27.5 Å². The number of nitrogens with zero attached hydrogens (tertiary/aromatic N) is 1. The van der Waals surface area contributed by atoms with Crippen molar-refractivity contribution in [1.82, 2.24) is 15.3 Å². The van der Waals surface area contributed by atoms with E-state index in [9.17, 15) is 9.18 Å². The van der Waals surface area contributed by atoms with Crippen LogP contribution in [0.15, 0.2) is 67.0 Å². The number of methoxy groups -OCH3 is 1. The molecule has 2 aromatic heterocycles. The van der Waals surface area contributed by atoms with E-state index in [1.807, 2.05) is 54.7 Å². The molecule has 0 saturated heterocycles. The number of aromatic amines is 1. The van der Waals surface area contributed by atoms with Crippen molar-refractivity contribution in [3.8, 4) is 5.75 Å². The van der Waals surface area contributed by atoms with E-state index in [1.165, 1.54) is 12.3 Å². The molecule has 2 aromatic carbocycles. The van der Waals surface area contributed by atoms with Crippen LogP contribution in [0.25, 0.3) is 10.9 Å². The summed E-state index contributed by atoms with van der Waals surface area (Å²) in [6, 6.07) is 16.9. The monoisotopic (exact) mass is 423 g/mol. The maximum atomic E-state index is 14.2. The first-order valence-corrected chi connectivity index (χ1v) is 9.74. The first kappa shape index (κ1) is 19.9. The van der Waals surface area contributed by atoms with Crippen molar-refractivity contribution in [2.45, 2.75) is 5.92 Å². The Hall–Kier alpha value is -3.38. The molecule has 4 aromatic rings. The first-order chi connectivity index (χ1) is 14.6. The van der Waals surface area contributed by atoms with E-state index >= 15 is 0 Å². The van der Waals surface area contributed by atoms with Crippen molar-refractivity contribution < 1.29 is 13.9 Å². The van der Waals surface area contributed by atoms with Crippen molar-refractivity contribution in [3.05, 3.63) is 94.7 Å². The highest BCUT2D eigenvalue weighted by Gasteiger charge is 2.22. The third-order valence-electron chi connectivity index (χ3n) is 5.04. The summed E-state index contributed by atoms with van der Waals surface area (Å²) >= 11 is 5.78. The molecule has 2 N–H and O–H groups in total. The zero-order valence-electron chi connectivity index (χ0n) is 16.2. The number of amides is 1. The van der Waals surface area contributed by atoms with Gasteiger partial charge in [-0.15, -0.1) is 0 Å². The minimum absolute atomic E-state index is 0.140. The molecule has 2 heterocycles. The third-order valence-corrected chi connectivity index (χ3v) is 5.33. The Morgan fingerprint density at radius 2 is 1.97 bits per heavy atom. The summed E-state index contributed by atoms with van der Waals surface area (Å²) in [7, 11) is 1.61. The number of pyridine rings is 1. The van der Waals surface area contributed by atoms with Crippen molar-refractivity contribution in [1.29, 1.82) is 0 Å². The number of carbonyl (C=O) groups excluding carboxylic acids is 1. The van der Waals surface area contributed by atoms with Gasteiger partial charge in [0.05, 0.1) is 12.1 Å². The third kappa shape index (κ3) is 3.86. The number of rotatable bonds is 6. The van der Waals surface area contributed by atoms with Gasteiger partial charge in [-0.1, -0.05) is 41.9 Å². The largest absolute Gasteiger partial charge is 0.497 e. The van der Waals surface area contributed by atoms with Gasteiger partial charge in [0.25, 0.3) is 5.91 Å². The van der Waals surface area contributed by atoms with Gasteiger partial charge in [-0.3, -0.25) is 4.79 Å². The van der Waals surface area contributed by atoms with Crippen LogP contribution < -0.4 is 10.1 Å². The van der Waals surface area contributed by atoms with Crippen molar-refractivity contribution in [2.75, 3.05) is 13.7 Å². The molecule has 0 spiro atoms. The summed E-state index contributed by atoms with van der Waals surface area (Å²) in [6.07, 6.45) is 3.24. The lowest BCUT2D eigenvalue weighted by Crippen LogP contribution is -2.30. The predicted octanol–water partition coefficient (Wildman–Crippen LogP) is 4.93. The second-order valence-electron chi connectivity index (χ2n) is 6.78. The maximum absolute atomic E-state index is 14.2. The van der Waals surface area contributed by atoms with Crippen molar-refractivity contribution in [3.63, 3.8) is 0 Å². The second-order valence-corrected chi connectivity index (χ2v) is 7.19. The fourth-order valence-corrected chi connectivity index (χ4v) is 3.63. The van der Waals surface area contributed by atoms with E-state index in [-0.39, 0.29) is 23.2 Å². The van der Waals surface area contributed by atoms with Crippen LogP contribution in [0, 0.1) is 5.82 Å². The molecule has 30 heavy (non-hydrogen) atoms. The van der Waals surface area contributed by atoms with Gasteiger partial charge >= 0.3 is 0 Å². The van der Waals surface area contributed by atoms with Crippen molar-refractivity contribution >= 4 is 28.4 Å². The van der Waals surface area contributed by atoms with Crippen LogP contribution in [0.3, 0.4) is 0 Å². The number of fused-ring (bicyclic) bond motifs is 1. The summed E-state index contributed by atoms with van der Waals surface area (Å²) in [4.78, 5) is 19.7. The Balaban J connectivity index is 1.66. The van der Waals surface area contributed by atoms with E-state index in [2.05, 4.69) is 15.3 Å². The van der Waals surface area contributed by atoms with Crippen LogP contribution >= 0.6 is 11.6 Å². The Morgan fingerprint density at radius 3 is 2.73 bits per heavy atom. The summed E-state index contributed by atoms with van der Waals surface area (Å²) in [5.41, 5.74) is 2.69. The summed E-state index contributed by atoms with van der Waals surface area (Å²) in [6.45, 7) is 0.251. The molecule has 7 heteroatoms. The number of para-hydroxylation sites is 1. The fraction of sp³-hybridized carbons (Fsp3) is 0.130. The number of halogens is 2. The lowest BCUT2D eigenvalue weighted by atomic mass is 9.90. The van der Waals surface area contributed by atoms with Gasteiger partial charge in [0.2, 0.25) is 0 Å². The summed E-state index contributed by atoms with van der Waals surface area (Å²) in [5.74, 6) is -0.873. The van der Waals surface area contributed by atoms with Crippen LogP contribution in [0.5, 0.6) is 5.75 Å². The molecule has 0 unspecified atom stereocenters. The van der Waals surface area contributed by atoms with Crippen LogP contribution in [-0.4, -0.2) is 29.5 Å². The number of carbonyl (C=O) groups is 1. The zero-order chi connectivity index (χ0) is 21.1. The molecule has 0 fully saturated rings. The number of aromatic nitrogens is 2. The van der Waals surface area contributed by atoms with Gasteiger partial charge < -0.3 is 15.0 Å². The lowest BCUT2D eigenvalue weighted by molar-refractivity contribution is 0.0943. The molecule has 4 rings (SSSR count). The van der Waals surface area contributed by atoms with Crippen LogP contribution in [0.4, 0.5) is 4.39 Å². The van der Waals surface area contributed by atoms with E-state index in [0.717, 1.165) is 27.8 Å². The zero-order valence-corrected chi connectivity index (χ0v) is 16.9. The molecular formula is C23H19ClFN3O2. The van der Waals surface area contributed by atoms with Crippen molar-refractivity contribution in [2.24, 2.45) is 0 Å². The number of nitrogens with one attached hydrogen (secondary N) is 2. The topological polar surface area (TPSA) is 67.0 Å². The standard InChI is InChI=1S/C23H19ClFN3O2/c1-30-15-8-6-14(7-9-15)17(18-13-27-20-5-3-2-4-16(18)20)12-28-23(29)22-21(25)19(24)10-11-26-22/h2-11,13,17,27H,12H2,1H3,(H,28,29)/t17-/m0/s1. The number of benzene rings is 2. The molecule has 0 aliphatic carbocycles. The summed E-state index contributed by atoms with van der Waals surface area (Å²) in [5, 5.41) is 3.72.